The number of nitrogens with one attached hydrogen (secondary N) is 3. The van der Waals surface area contributed by atoms with Crippen molar-refractivity contribution >= 4 is 82.2 Å². The minimum absolute atomic E-state index is 0.0446. The summed E-state index contributed by atoms with van der Waals surface area (Å²) in [5, 5.41) is 24.2. The largest absolute Gasteiger partial charge is 0.390 e. The van der Waals surface area contributed by atoms with Gasteiger partial charge in [-0.25, -0.2) is 4.98 Å². The van der Waals surface area contributed by atoms with Gasteiger partial charge in [0.2, 0.25) is 5.91 Å². The Bertz CT molecular complexity index is 2440. The Hall–Kier alpha value is -4.31. The number of aliphatic hydroxyl groups excluding tert-OH is 1. The lowest BCUT2D eigenvalue weighted by atomic mass is 10.1. The Kier molecular flexibility index (Phi) is 13.6. The number of halogens is 2. The third-order valence-electron chi connectivity index (χ3n) is 13.0. The van der Waals surface area contributed by atoms with Gasteiger partial charge in [0.25, 0.3) is 5.91 Å². The third-order valence-corrected chi connectivity index (χ3v) is 14.0. The lowest BCUT2D eigenvalue weighted by Gasteiger charge is -2.35. The SMILES string of the molecule is O=C(Cn1ccc2cc(C(=O)NCCc3ccc(N4C[C@H]5CC[C@@H](C4)N5)cc3)cnc21)NCCCCCN1CCN(C[C@@H](O)Cn2c3ccc(Br)cc3c3cc(Br)ccc32)CC1. The molecule has 62 heavy (non-hydrogen) atoms. The zero-order chi connectivity index (χ0) is 42.6. The number of rotatable bonds is 17. The van der Waals surface area contributed by atoms with Crippen LogP contribution in [-0.2, 0) is 24.3 Å². The lowest BCUT2D eigenvalue weighted by Crippen LogP contribution is -2.51. The van der Waals surface area contributed by atoms with Crippen molar-refractivity contribution in [2.24, 2.45) is 0 Å². The van der Waals surface area contributed by atoms with Gasteiger partial charge in [0.15, 0.2) is 0 Å². The number of anilines is 1. The summed E-state index contributed by atoms with van der Waals surface area (Å²) in [6.45, 7) is 9.66. The first kappa shape index (κ1) is 43.0. The topological polar surface area (TPSA) is 123 Å². The Balaban J connectivity index is 0.643. The van der Waals surface area contributed by atoms with Crippen LogP contribution in [0, 0.1) is 0 Å². The molecule has 326 valence electrons. The minimum atomic E-state index is -0.468. The molecule has 0 unspecified atom stereocenters. The maximum absolute atomic E-state index is 13.0. The van der Waals surface area contributed by atoms with E-state index in [1.165, 1.54) is 34.9 Å². The van der Waals surface area contributed by atoms with Crippen LogP contribution in [0.25, 0.3) is 32.8 Å². The fourth-order valence-corrected chi connectivity index (χ4v) is 10.4. The molecule has 3 saturated heterocycles. The third kappa shape index (κ3) is 10.2. The predicted octanol–water partition coefficient (Wildman–Crippen LogP) is 6.55. The maximum atomic E-state index is 13.0. The normalized spacial score (nSPS) is 18.9. The van der Waals surface area contributed by atoms with Crippen LogP contribution in [0.2, 0.25) is 0 Å². The van der Waals surface area contributed by atoms with Crippen molar-refractivity contribution < 1.29 is 14.7 Å². The van der Waals surface area contributed by atoms with Crippen molar-refractivity contribution in [1.29, 1.82) is 0 Å². The maximum Gasteiger partial charge on any atom is 0.252 e. The van der Waals surface area contributed by atoms with E-state index in [2.05, 4.69) is 133 Å². The molecule has 12 nitrogen and oxygen atoms in total. The van der Waals surface area contributed by atoms with Gasteiger partial charge in [-0.15, -0.1) is 0 Å². The average molecular weight is 968 g/mol. The van der Waals surface area contributed by atoms with E-state index < -0.39 is 6.10 Å². The highest BCUT2D eigenvalue weighted by Gasteiger charge is 2.32. The van der Waals surface area contributed by atoms with E-state index in [9.17, 15) is 14.7 Å². The van der Waals surface area contributed by atoms with E-state index in [1.54, 1.807) is 6.20 Å². The first-order valence-corrected chi connectivity index (χ1v) is 23.9. The van der Waals surface area contributed by atoms with Crippen molar-refractivity contribution in [2.45, 2.75) is 69.8 Å². The number of piperazine rings is 2. The van der Waals surface area contributed by atoms with E-state index in [0.717, 1.165) is 96.9 Å². The number of hydrogen-bond donors (Lipinski definition) is 4. The summed E-state index contributed by atoms with van der Waals surface area (Å²) in [6.07, 6.45) is 9.36. The van der Waals surface area contributed by atoms with E-state index in [-0.39, 0.29) is 18.4 Å². The number of nitrogens with zero attached hydrogens (tertiary/aromatic N) is 6. The van der Waals surface area contributed by atoms with Crippen LogP contribution in [0.5, 0.6) is 0 Å². The van der Waals surface area contributed by atoms with Crippen LogP contribution < -0.4 is 20.9 Å². The second-order valence-electron chi connectivity index (χ2n) is 17.4. The average Bonchev–Trinajstić information content (AvgIpc) is 3.93. The van der Waals surface area contributed by atoms with Gasteiger partial charge in [0, 0.05) is 125 Å². The number of benzene rings is 3. The number of fused-ring (bicyclic) bond motifs is 6. The molecule has 3 fully saturated rings. The van der Waals surface area contributed by atoms with Gasteiger partial charge in [-0.3, -0.25) is 14.5 Å². The van der Waals surface area contributed by atoms with Crippen molar-refractivity contribution in [3.63, 3.8) is 0 Å². The Labute approximate surface area is 380 Å². The fraction of sp³-hybridized carbons (Fsp3) is 0.438. The summed E-state index contributed by atoms with van der Waals surface area (Å²) in [6, 6.07) is 26.4. The molecule has 6 heterocycles. The molecule has 4 N–H and O–H groups in total. The number of amides is 2. The summed E-state index contributed by atoms with van der Waals surface area (Å²) < 4.78 is 6.18. The number of β-amino-alcohol motifs (C(OH)–C–C–N with tert-alkyl or cyclic N) is 1. The van der Waals surface area contributed by atoms with E-state index in [4.69, 9.17) is 0 Å². The molecule has 0 saturated carbocycles. The van der Waals surface area contributed by atoms with Crippen molar-refractivity contribution in [2.75, 3.05) is 70.3 Å². The zero-order valence-corrected chi connectivity index (χ0v) is 38.4. The number of hydrogen-bond acceptors (Lipinski definition) is 8. The predicted molar refractivity (Wildman–Crippen MR) is 255 cm³/mol. The van der Waals surface area contributed by atoms with Crippen LogP contribution in [0.3, 0.4) is 0 Å². The zero-order valence-electron chi connectivity index (χ0n) is 35.2. The molecule has 3 aliphatic rings. The van der Waals surface area contributed by atoms with Crippen LogP contribution in [-0.4, -0.2) is 124 Å². The molecule has 3 aromatic heterocycles. The summed E-state index contributed by atoms with van der Waals surface area (Å²) in [7, 11) is 0. The van der Waals surface area contributed by atoms with E-state index in [0.29, 0.717) is 49.5 Å². The van der Waals surface area contributed by atoms with Crippen LogP contribution in [0.4, 0.5) is 5.69 Å². The molecule has 0 aliphatic carbocycles. The number of carbonyl (C=O) groups excluding carboxylic acids is 2. The van der Waals surface area contributed by atoms with Crippen LogP contribution >= 0.6 is 31.9 Å². The molecular weight excluding hydrogens is 910 g/mol. The van der Waals surface area contributed by atoms with Gasteiger partial charge in [-0.05, 0) is 105 Å². The number of aromatic nitrogens is 3. The number of unbranched alkanes of at least 4 members (excludes halogenated alkanes) is 2. The first-order valence-electron chi connectivity index (χ1n) is 22.3. The molecule has 0 radical (unpaired) electrons. The Morgan fingerprint density at radius 1 is 0.790 bits per heavy atom. The van der Waals surface area contributed by atoms with Crippen molar-refractivity contribution in [3.8, 4) is 0 Å². The summed E-state index contributed by atoms with van der Waals surface area (Å²) >= 11 is 7.25. The van der Waals surface area contributed by atoms with E-state index >= 15 is 0 Å². The summed E-state index contributed by atoms with van der Waals surface area (Å²) in [5.74, 6) is -0.193. The van der Waals surface area contributed by atoms with E-state index in [1.807, 2.05) is 22.9 Å². The number of aliphatic hydroxyl groups is 1. The molecule has 3 atom stereocenters. The number of pyridine rings is 1. The standard InChI is InChI=1S/C48H57Br2N9O3/c49-36-6-12-44-42(25-36)43-26-37(50)7-13-45(43)59(44)31-41(60)30-56-22-20-55(21-23-56)18-3-1-2-16-51-46(61)32-57-19-15-34-24-35(27-53-47(34)57)48(62)52-17-14-33-4-10-40(11-5-33)58-28-38-8-9-39(29-58)54-38/h4-7,10-13,15,19,24-27,38-39,41,54,60H,1-3,8-9,14,16-18,20-23,28-32H2,(H,51,61)(H,52,62)/t38-,39+,41-/m1/s1. The highest BCUT2D eigenvalue weighted by Crippen LogP contribution is 2.33. The monoisotopic (exact) mass is 965 g/mol. The van der Waals surface area contributed by atoms with Gasteiger partial charge in [-0.1, -0.05) is 50.4 Å². The molecular formula is C48H57Br2N9O3. The fourth-order valence-electron chi connectivity index (χ4n) is 9.72. The minimum Gasteiger partial charge on any atom is -0.390 e. The molecule has 2 bridgehead atoms. The van der Waals surface area contributed by atoms with Crippen molar-refractivity contribution in [3.05, 3.63) is 105 Å². The molecule has 9 rings (SSSR count). The van der Waals surface area contributed by atoms with Gasteiger partial charge in [-0.2, -0.15) is 0 Å². The summed E-state index contributed by atoms with van der Waals surface area (Å²) in [5.41, 5.74) is 5.94. The van der Waals surface area contributed by atoms with Gasteiger partial charge in [0.1, 0.15) is 12.2 Å². The first-order chi connectivity index (χ1) is 30.2. The molecule has 14 heteroatoms. The van der Waals surface area contributed by atoms with Crippen molar-refractivity contribution in [1.82, 2.24) is 39.9 Å². The Morgan fingerprint density at radius 3 is 2.19 bits per heavy atom. The second kappa shape index (κ2) is 19.6. The van der Waals surface area contributed by atoms with Crippen LogP contribution in [0.15, 0.2) is 94.1 Å². The number of carbonyl (C=O) groups is 2. The highest BCUT2D eigenvalue weighted by atomic mass is 79.9. The van der Waals surface area contributed by atoms with Crippen LogP contribution in [0.1, 0.15) is 48.0 Å². The smallest absolute Gasteiger partial charge is 0.252 e. The molecule has 3 aliphatic heterocycles. The molecule has 2 amide bonds. The van der Waals surface area contributed by atoms with Gasteiger partial charge in [0.05, 0.1) is 18.2 Å². The Morgan fingerprint density at radius 2 is 1.48 bits per heavy atom. The van der Waals surface area contributed by atoms with Gasteiger partial charge < -0.3 is 40.0 Å². The molecule has 3 aromatic carbocycles. The summed E-state index contributed by atoms with van der Waals surface area (Å²) in [4.78, 5) is 37.8. The second-order valence-corrected chi connectivity index (χ2v) is 19.3. The molecule has 0 spiro atoms. The highest BCUT2D eigenvalue weighted by molar-refractivity contribution is 9.10. The lowest BCUT2D eigenvalue weighted by molar-refractivity contribution is -0.121. The molecule has 6 aromatic rings. The quantitative estimate of drug-likeness (QED) is 0.0761. The van der Waals surface area contributed by atoms with Gasteiger partial charge >= 0.3 is 0 Å².